The first-order chi connectivity index (χ1) is 14.8. The van der Waals surface area contributed by atoms with E-state index in [1.54, 1.807) is 6.20 Å². The number of piperidine rings is 1. The smallest absolute Gasteiger partial charge is 0.255 e. The number of amides is 1. The van der Waals surface area contributed by atoms with Crippen molar-refractivity contribution in [1.82, 2.24) is 19.4 Å². The zero-order valence-corrected chi connectivity index (χ0v) is 16.7. The maximum atomic E-state index is 12.9. The molecule has 3 heterocycles. The van der Waals surface area contributed by atoms with Crippen LogP contribution in [0, 0.1) is 0 Å². The van der Waals surface area contributed by atoms with E-state index in [1.807, 2.05) is 76.2 Å². The summed E-state index contributed by atoms with van der Waals surface area (Å²) in [5, 5.41) is 3.39. The maximum Gasteiger partial charge on any atom is 0.255 e. The average molecular weight is 397 g/mol. The van der Waals surface area contributed by atoms with Crippen LogP contribution in [-0.2, 0) is 0 Å². The van der Waals surface area contributed by atoms with Crippen molar-refractivity contribution in [3.8, 4) is 5.69 Å². The highest BCUT2D eigenvalue weighted by atomic mass is 16.2. The van der Waals surface area contributed by atoms with Crippen LogP contribution in [0.15, 0.2) is 72.9 Å². The van der Waals surface area contributed by atoms with Gasteiger partial charge in [-0.15, -0.1) is 0 Å². The van der Waals surface area contributed by atoms with E-state index in [-0.39, 0.29) is 5.91 Å². The van der Waals surface area contributed by atoms with Crippen molar-refractivity contribution in [2.45, 2.75) is 19.3 Å². The van der Waals surface area contributed by atoms with Gasteiger partial charge in [-0.2, -0.15) is 0 Å². The molecule has 1 aliphatic rings. The number of hydrogen-bond donors (Lipinski definition) is 1. The van der Waals surface area contributed by atoms with Crippen molar-refractivity contribution < 1.29 is 4.79 Å². The zero-order valence-electron chi connectivity index (χ0n) is 16.7. The summed E-state index contributed by atoms with van der Waals surface area (Å²) in [6.45, 7) is 1.63. The number of likely N-dealkylation sites (tertiary alicyclic amines) is 1. The number of fused-ring (bicyclic) bond motifs is 1. The molecule has 1 saturated heterocycles. The Bertz CT molecular complexity index is 1160. The Morgan fingerprint density at radius 1 is 0.900 bits per heavy atom. The number of imidazole rings is 1. The van der Waals surface area contributed by atoms with Crippen LogP contribution in [0.1, 0.15) is 29.6 Å². The van der Waals surface area contributed by atoms with Gasteiger partial charge in [0, 0.05) is 25.0 Å². The van der Waals surface area contributed by atoms with E-state index in [0.717, 1.165) is 43.0 Å². The number of nitrogens with one attached hydrogen (secondary N) is 1. The van der Waals surface area contributed by atoms with E-state index in [4.69, 9.17) is 4.98 Å². The Morgan fingerprint density at radius 2 is 1.60 bits per heavy atom. The van der Waals surface area contributed by atoms with Crippen molar-refractivity contribution in [1.29, 1.82) is 0 Å². The molecule has 30 heavy (non-hydrogen) atoms. The first-order valence-electron chi connectivity index (χ1n) is 10.3. The Morgan fingerprint density at radius 3 is 2.33 bits per heavy atom. The SMILES string of the molecule is O=C(c1cnc2c(c1)nc(Nc1ccccc1)n2-c1ccccc1)N1CCCCC1. The molecule has 0 radical (unpaired) electrons. The lowest BCUT2D eigenvalue weighted by Crippen LogP contribution is -2.35. The van der Waals surface area contributed by atoms with Crippen molar-refractivity contribution in [2.24, 2.45) is 0 Å². The summed E-state index contributed by atoms with van der Waals surface area (Å²) in [5.41, 5.74) is 3.90. The number of carbonyl (C=O) groups is 1. The third-order valence-electron chi connectivity index (χ3n) is 5.43. The van der Waals surface area contributed by atoms with Crippen molar-refractivity contribution in [3.05, 3.63) is 78.5 Å². The zero-order chi connectivity index (χ0) is 20.3. The molecule has 0 unspecified atom stereocenters. The first-order valence-corrected chi connectivity index (χ1v) is 10.3. The minimum atomic E-state index is 0.0379. The summed E-state index contributed by atoms with van der Waals surface area (Å²) in [6, 6.07) is 21.8. The largest absolute Gasteiger partial charge is 0.339 e. The molecule has 1 amide bonds. The fourth-order valence-corrected chi connectivity index (χ4v) is 3.92. The van der Waals surface area contributed by atoms with Gasteiger partial charge in [-0.3, -0.25) is 9.36 Å². The summed E-state index contributed by atoms with van der Waals surface area (Å²) in [5.74, 6) is 0.702. The summed E-state index contributed by atoms with van der Waals surface area (Å²) in [4.78, 5) is 24.3. The van der Waals surface area contributed by atoms with Gasteiger partial charge >= 0.3 is 0 Å². The highest BCUT2D eigenvalue weighted by molar-refractivity contribution is 5.97. The maximum absolute atomic E-state index is 12.9. The molecule has 5 rings (SSSR count). The minimum absolute atomic E-state index is 0.0379. The first kappa shape index (κ1) is 18.4. The van der Waals surface area contributed by atoms with E-state index in [9.17, 15) is 4.79 Å². The fraction of sp³-hybridized carbons (Fsp3) is 0.208. The Hall–Kier alpha value is -3.67. The number of benzene rings is 2. The average Bonchev–Trinajstić information content (AvgIpc) is 3.17. The summed E-state index contributed by atoms with van der Waals surface area (Å²) in [6.07, 6.45) is 4.99. The van der Waals surface area contributed by atoms with E-state index < -0.39 is 0 Å². The number of hydrogen-bond acceptors (Lipinski definition) is 4. The molecule has 1 N–H and O–H groups in total. The molecule has 0 atom stereocenters. The molecule has 6 nitrogen and oxygen atoms in total. The van der Waals surface area contributed by atoms with Gasteiger partial charge in [0.25, 0.3) is 5.91 Å². The third-order valence-corrected chi connectivity index (χ3v) is 5.43. The van der Waals surface area contributed by atoms with Crippen LogP contribution < -0.4 is 5.32 Å². The molecule has 150 valence electrons. The van der Waals surface area contributed by atoms with Crippen molar-refractivity contribution >= 4 is 28.7 Å². The second kappa shape index (κ2) is 7.99. The lowest BCUT2D eigenvalue weighted by molar-refractivity contribution is 0.0724. The Kier molecular flexibility index (Phi) is 4.89. The number of anilines is 2. The van der Waals surface area contributed by atoms with Crippen LogP contribution >= 0.6 is 0 Å². The van der Waals surface area contributed by atoms with E-state index >= 15 is 0 Å². The van der Waals surface area contributed by atoms with Gasteiger partial charge in [0.05, 0.1) is 11.3 Å². The molecule has 6 heteroatoms. The van der Waals surface area contributed by atoms with Crippen LogP contribution in [0.25, 0.3) is 16.9 Å². The number of pyridine rings is 1. The topological polar surface area (TPSA) is 63.1 Å². The molecule has 4 aromatic rings. The number of carbonyl (C=O) groups excluding carboxylic acids is 1. The molecule has 0 spiro atoms. The van der Waals surface area contributed by atoms with Crippen LogP contribution in [-0.4, -0.2) is 38.4 Å². The van der Waals surface area contributed by atoms with Gasteiger partial charge in [0.2, 0.25) is 5.95 Å². The molecule has 2 aromatic heterocycles. The minimum Gasteiger partial charge on any atom is -0.339 e. The Balaban J connectivity index is 1.58. The number of para-hydroxylation sites is 2. The van der Waals surface area contributed by atoms with E-state index in [2.05, 4.69) is 10.3 Å². The van der Waals surface area contributed by atoms with E-state index in [1.165, 1.54) is 6.42 Å². The monoisotopic (exact) mass is 397 g/mol. The van der Waals surface area contributed by atoms with Crippen molar-refractivity contribution in [2.75, 3.05) is 18.4 Å². The predicted octanol–water partition coefficient (Wildman–Crippen LogP) is 4.79. The molecule has 0 aliphatic carbocycles. The molecular formula is C24H23N5O. The predicted molar refractivity (Wildman–Crippen MR) is 118 cm³/mol. The van der Waals surface area contributed by atoms with E-state index in [0.29, 0.717) is 17.0 Å². The van der Waals surface area contributed by atoms with Gasteiger partial charge in [-0.05, 0) is 49.6 Å². The van der Waals surface area contributed by atoms with Gasteiger partial charge in [-0.25, -0.2) is 9.97 Å². The summed E-state index contributed by atoms with van der Waals surface area (Å²) >= 11 is 0. The molecule has 2 aromatic carbocycles. The second-order valence-electron chi connectivity index (χ2n) is 7.52. The van der Waals surface area contributed by atoms with Crippen LogP contribution in [0.2, 0.25) is 0 Å². The highest BCUT2D eigenvalue weighted by Gasteiger charge is 2.21. The number of rotatable bonds is 4. The third kappa shape index (κ3) is 3.52. The van der Waals surface area contributed by atoms with Gasteiger partial charge in [-0.1, -0.05) is 36.4 Å². The normalized spacial score (nSPS) is 14.1. The lowest BCUT2D eigenvalue weighted by Gasteiger charge is -2.26. The lowest BCUT2D eigenvalue weighted by atomic mass is 10.1. The van der Waals surface area contributed by atoms with Gasteiger partial charge < -0.3 is 10.2 Å². The second-order valence-corrected chi connectivity index (χ2v) is 7.52. The summed E-state index contributed by atoms with van der Waals surface area (Å²) < 4.78 is 1.98. The molecule has 1 fully saturated rings. The molecule has 1 aliphatic heterocycles. The quantitative estimate of drug-likeness (QED) is 0.538. The molecule has 0 bridgehead atoms. The summed E-state index contributed by atoms with van der Waals surface area (Å²) in [7, 11) is 0. The molecular weight excluding hydrogens is 374 g/mol. The highest BCUT2D eigenvalue weighted by Crippen LogP contribution is 2.27. The fourth-order valence-electron chi connectivity index (χ4n) is 3.92. The van der Waals surface area contributed by atoms with Crippen molar-refractivity contribution in [3.63, 3.8) is 0 Å². The Labute approximate surface area is 175 Å². The van der Waals surface area contributed by atoms with Crippen LogP contribution in [0.3, 0.4) is 0 Å². The standard InChI is InChI=1S/C24H23N5O/c30-23(28-14-8-3-9-15-28)18-16-21-22(25-17-18)29(20-12-6-2-7-13-20)24(27-21)26-19-10-4-1-5-11-19/h1-2,4-7,10-13,16-17H,3,8-9,14-15H2,(H,26,27). The van der Waals surface area contributed by atoms with Gasteiger partial charge in [0.15, 0.2) is 5.65 Å². The van der Waals surface area contributed by atoms with Crippen LogP contribution in [0.4, 0.5) is 11.6 Å². The van der Waals surface area contributed by atoms with Gasteiger partial charge in [0.1, 0.15) is 5.52 Å². The number of aromatic nitrogens is 3. The number of nitrogens with zero attached hydrogens (tertiary/aromatic N) is 4. The molecule has 0 saturated carbocycles. The van der Waals surface area contributed by atoms with Crippen LogP contribution in [0.5, 0.6) is 0 Å².